The fourth-order valence-corrected chi connectivity index (χ4v) is 1.98. The Morgan fingerprint density at radius 3 is 2.52 bits per heavy atom. The van der Waals surface area contributed by atoms with Crippen LogP contribution in [0.15, 0.2) is 36.5 Å². The molecule has 0 saturated heterocycles. The number of hydrogen-bond donors (Lipinski definition) is 1. The molecule has 0 amide bonds. The van der Waals surface area contributed by atoms with Crippen molar-refractivity contribution >= 4 is 0 Å². The van der Waals surface area contributed by atoms with Crippen molar-refractivity contribution in [1.82, 2.24) is 10.3 Å². The van der Waals surface area contributed by atoms with Gasteiger partial charge in [-0.1, -0.05) is 12.1 Å². The van der Waals surface area contributed by atoms with Crippen LogP contribution in [-0.2, 0) is 6.54 Å². The molecule has 1 aromatic carbocycles. The number of ether oxygens (including phenoxy) is 1. The number of nitrogens with one attached hydrogen (secondary N) is 1. The third-order valence-electron chi connectivity index (χ3n) is 3.11. The van der Waals surface area contributed by atoms with Crippen LogP contribution in [0.25, 0.3) is 0 Å². The van der Waals surface area contributed by atoms with Crippen molar-refractivity contribution in [2.45, 2.75) is 46.7 Å². The van der Waals surface area contributed by atoms with Crippen LogP contribution in [0.5, 0.6) is 11.6 Å². The standard InChI is InChI=1S/C18H24N2O/c1-13-7-6-8-16(9-13)21-17-14(2)10-15(11-19-17)12-20-18(3,4)5/h6-11,20H,12H2,1-5H3. The highest BCUT2D eigenvalue weighted by Crippen LogP contribution is 2.24. The summed E-state index contributed by atoms with van der Waals surface area (Å²) in [7, 11) is 0. The van der Waals surface area contributed by atoms with Crippen LogP contribution in [0.4, 0.5) is 0 Å². The first kappa shape index (κ1) is 15.5. The molecule has 0 aliphatic heterocycles. The van der Waals surface area contributed by atoms with E-state index in [-0.39, 0.29) is 5.54 Å². The van der Waals surface area contributed by atoms with E-state index in [1.54, 1.807) is 0 Å². The predicted molar refractivity (Wildman–Crippen MR) is 86.8 cm³/mol. The highest BCUT2D eigenvalue weighted by molar-refractivity contribution is 5.35. The molecule has 3 nitrogen and oxygen atoms in total. The number of aromatic nitrogens is 1. The van der Waals surface area contributed by atoms with Crippen molar-refractivity contribution < 1.29 is 4.74 Å². The smallest absolute Gasteiger partial charge is 0.222 e. The molecule has 2 rings (SSSR count). The Labute approximate surface area is 127 Å². The first-order valence-corrected chi connectivity index (χ1v) is 7.28. The van der Waals surface area contributed by atoms with Gasteiger partial charge in [0, 0.05) is 23.8 Å². The fourth-order valence-electron chi connectivity index (χ4n) is 1.98. The molecule has 0 aliphatic rings. The lowest BCUT2D eigenvalue weighted by molar-refractivity contribution is 0.422. The third-order valence-corrected chi connectivity index (χ3v) is 3.11. The monoisotopic (exact) mass is 284 g/mol. The van der Waals surface area contributed by atoms with Gasteiger partial charge < -0.3 is 10.1 Å². The fraction of sp³-hybridized carbons (Fsp3) is 0.389. The van der Waals surface area contributed by atoms with E-state index in [1.165, 1.54) is 11.1 Å². The third kappa shape index (κ3) is 4.87. The summed E-state index contributed by atoms with van der Waals surface area (Å²) in [6.45, 7) is 11.3. The number of aryl methyl sites for hydroxylation is 2. The van der Waals surface area contributed by atoms with Gasteiger partial charge in [0.2, 0.25) is 5.88 Å². The molecule has 0 spiro atoms. The first-order chi connectivity index (χ1) is 9.83. The van der Waals surface area contributed by atoms with Gasteiger partial charge in [-0.3, -0.25) is 0 Å². The van der Waals surface area contributed by atoms with E-state index in [0.29, 0.717) is 5.88 Å². The summed E-state index contributed by atoms with van der Waals surface area (Å²) < 4.78 is 5.86. The van der Waals surface area contributed by atoms with E-state index >= 15 is 0 Å². The summed E-state index contributed by atoms with van der Waals surface area (Å²) in [5, 5.41) is 3.46. The molecule has 0 fully saturated rings. The molecule has 2 aromatic rings. The molecule has 112 valence electrons. The maximum atomic E-state index is 5.86. The van der Waals surface area contributed by atoms with Gasteiger partial charge in [-0.15, -0.1) is 0 Å². The van der Waals surface area contributed by atoms with Crippen molar-refractivity contribution in [1.29, 1.82) is 0 Å². The van der Waals surface area contributed by atoms with E-state index in [1.807, 2.05) is 31.3 Å². The predicted octanol–water partition coefficient (Wildman–Crippen LogP) is 4.38. The minimum atomic E-state index is 0.102. The van der Waals surface area contributed by atoms with Crippen molar-refractivity contribution in [3.05, 3.63) is 53.2 Å². The minimum absolute atomic E-state index is 0.102. The summed E-state index contributed by atoms with van der Waals surface area (Å²) in [6.07, 6.45) is 1.87. The van der Waals surface area contributed by atoms with Crippen LogP contribution >= 0.6 is 0 Å². The molecule has 1 heterocycles. The summed E-state index contributed by atoms with van der Waals surface area (Å²) in [5.74, 6) is 1.49. The van der Waals surface area contributed by atoms with Gasteiger partial charge in [0.1, 0.15) is 5.75 Å². The van der Waals surface area contributed by atoms with Crippen molar-refractivity contribution in [2.75, 3.05) is 0 Å². The van der Waals surface area contributed by atoms with Crippen LogP contribution in [-0.4, -0.2) is 10.5 Å². The molecule has 0 bridgehead atoms. The maximum absolute atomic E-state index is 5.86. The van der Waals surface area contributed by atoms with Gasteiger partial charge in [0.05, 0.1) is 0 Å². The SMILES string of the molecule is Cc1cccc(Oc2ncc(CNC(C)(C)C)cc2C)c1. The van der Waals surface area contributed by atoms with E-state index in [0.717, 1.165) is 17.9 Å². The quantitative estimate of drug-likeness (QED) is 0.904. The Kier molecular flexibility index (Phi) is 4.63. The zero-order valence-electron chi connectivity index (χ0n) is 13.5. The molecule has 0 aliphatic carbocycles. The minimum Gasteiger partial charge on any atom is -0.439 e. The second kappa shape index (κ2) is 6.27. The van der Waals surface area contributed by atoms with E-state index in [9.17, 15) is 0 Å². The number of benzene rings is 1. The van der Waals surface area contributed by atoms with E-state index in [2.05, 4.69) is 50.1 Å². The van der Waals surface area contributed by atoms with Gasteiger partial charge in [-0.2, -0.15) is 0 Å². The normalized spacial score (nSPS) is 11.5. The van der Waals surface area contributed by atoms with Crippen LogP contribution in [0, 0.1) is 13.8 Å². The average molecular weight is 284 g/mol. The van der Waals surface area contributed by atoms with Crippen LogP contribution in [0.3, 0.4) is 0 Å². The van der Waals surface area contributed by atoms with Gasteiger partial charge in [-0.05, 0) is 63.9 Å². The number of pyridine rings is 1. The largest absolute Gasteiger partial charge is 0.439 e. The second-order valence-electron chi connectivity index (χ2n) is 6.49. The van der Waals surface area contributed by atoms with Crippen LogP contribution < -0.4 is 10.1 Å². The molecule has 1 N–H and O–H groups in total. The molecule has 0 radical (unpaired) electrons. The number of hydrogen-bond acceptors (Lipinski definition) is 3. The molecule has 1 aromatic heterocycles. The lowest BCUT2D eigenvalue weighted by Gasteiger charge is -2.20. The summed E-state index contributed by atoms with van der Waals surface area (Å²) in [5.41, 5.74) is 3.49. The van der Waals surface area contributed by atoms with Crippen molar-refractivity contribution in [3.8, 4) is 11.6 Å². The van der Waals surface area contributed by atoms with Gasteiger partial charge in [0.25, 0.3) is 0 Å². The van der Waals surface area contributed by atoms with Gasteiger partial charge in [0.15, 0.2) is 0 Å². The van der Waals surface area contributed by atoms with E-state index in [4.69, 9.17) is 4.74 Å². The zero-order chi connectivity index (χ0) is 15.5. The van der Waals surface area contributed by atoms with Crippen LogP contribution in [0.2, 0.25) is 0 Å². The topological polar surface area (TPSA) is 34.1 Å². The number of nitrogens with zero attached hydrogens (tertiary/aromatic N) is 1. The molecule has 3 heteroatoms. The Hall–Kier alpha value is -1.87. The summed E-state index contributed by atoms with van der Waals surface area (Å²) >= 11 is 0. The molecular weight excluding hydrogens is 260 g/mol. The molecule has 0 unspecified atom stereocenters. The lowest BCUT2D eigenvalue weighted by Crippen LogP contribution is -2.35. The summed E-state index contributed by atoms with van der Waals surface area (Å²) in [4.78, 5) is 4.44. The molecular formula is C18H24N2O. The molecule has 0 atom stereocenters. The average Bonchev–Trinajstić information content (AvgIpc) is 2.38. The summed E-state index contributed by atoms with van der Waals surface area (Å²) in [6, 6.07) is 10.1. The maximum Gasteiger partial charge on any atom is 0.222 e. The Balaban J connectivity index is 2.09. The van der Waals surface area contributed by atoms with Crippen molar-refractivity contribution in [3.63, 3.8) is 0 Å². The highest BCUT2D eigenvalue weighted by Gasteiger charge is 2.10. The Bertz CT molecular complexity index is 615. The first-order valence-electron chi connectivity index (χ1n) is 7.28. The lowest BCUT2D eigenvalue weighted by atomic mass is 10.1. The Morgan fingerprint density at radius 1 is 1.14 bits per heavy atom. The van der Waals surface area contributed by atoms with Crippen molar-refractivity contribution in [2.24, 2.45) is 0 Å². The van der Waals surface area contributed by atoms with Gasteiger partial charge >= 0.3 is 0 Å². The van der Waals surface area contributed by atoms with Crippen LogP contribution in [0.1, 0.15) is 37.5 Å². The van der Waals surface area contributed by atoms with Gasteiger partial charge in [-0.25, -0.2) is 4.98 Å². The molecule has 21 heavy (non-hydrogen) atoms. The Morgan fingerprint density at radius 2 is 1.90 bits per heavy atom. The molecule has 0 saturated carbocycles. The van der Waals surface area contributed by atoms with E-state index < -0.39 is 0 Å². The highest BCUT2D eigenvalue weighted by atomic mass is 16.5. The number of rotatable bonds is 4. The zero-order valence-corrected chi connectivity index (χ0v) is 13.5. The second-order valence-corrected chi connectivity index (χ2v) is 6.49.